The minimum absolute atomic E-state index is 0.220. The molecule has 140 valence electrons. The molecule has 29 heavy (non-hydrogen) atoms. The lowest BCUT2D eigenvalue weighted by molar-refractivity contribution is 1.13. The number of benzene rings is 2. The maximum Gasteiger partial charge on any atom is 0.224 e. The van der Waals surface area contributed by atoms with Gasteiger partial charge in [-0.2, -0.15) is 15.1 Å². The van der Waals surface area contributed by atoms with Crippen LogP contribution >= 0.6 is 11.3 Å². The molecule has 8 heteroatoms. The van der Waals surface area contributed by atoms with Gasteiger partial charge in [-0.05, 0) is 41.8 Å². The van der Waals surface area contributed by atoms with Crippen LogP contribution in [0.1, 0.15) is 0 Å². The van der Waals surface area contributed by atoms with Crippen LogP contribution in [0.15, 0.2) is 60.8 Å². The summed E-state index contributed by atoms with van der Waals surface area (Å²) < 4.78 is 1.25. The Balaban J connectivity index is 1.46. The molecule has 5 N–H and O–H groups in total. The quantitative estimate of drug-likeness (QED) is 0.334. The third-order valence-corrected chi connectivity index (χ3v) is 6.04. The van der Waals surface area contributed by atoms with Gasteiger partial charge in [0.1, 0.15) is 17.2 Å². The monoisotopic (exact) mass is 397 g/mol. The van der Waals surface area contributed by atoms with E-state index in [1.54, 1.807) is 11.3 Å². The zero-order valence-electron chi connectivity index (χ0n) is 15.1. The van der Waals surface area contributed by atoms with E-state index < -0.39 is 0 Å². The molecule has 0 amide bonds. The highest BCUT2D eigenvalue weighted by atomic mass is 32.1. The van der Waals surface area contributed by atoms with Crippen molar-refractivity contribution in [3.63, 3.8) is 0 Å². The van der Waals surface area contributed by atoms with Gasteiger partial charge in [0, 0.05) is 22.0 Å². The third-order valence-electron chi connectivity index (χ3n) is 4.92. The van der Waals surface area contributed by atoms with E-state index in [1.165, 1.54) is 10.1 Å². The SMILES string of the molecule is Nc1nc(Nc2ccc3[nH]nc(-c4cc5ccccc5s4)c3c2)c2cc[nH]c2n1. The molecule has 7 nitrogen and oxygen atoms in total. The van der Waals surface area contributed by atoms with Crippen molar-refractivity contribution < 1.29 is 0 Å². The van der Waals surface area contributed by atoms with Crippen LogP contribution in [0, 0.1) is 0 Å². The number of hydrogen-bond donors (Lipinski definition) is 4. The Morgan fingerprint density at radius 1 is 0.966 bits per heavy atom. The molecule has 0 atom stereocenters. The molecule has 0 fully saturated rings. The molecule has 0 bridgehead atoms. The molecule has 0 aliphatic rings. The predicted octanol–water partition coefficient (Wildman–Crippen LogP) is 5.04. The zero-order chi connectivity index (χ0) is 19.4. The van der Waals surface area contributed by atoms with Gasteiger partial charge in [0.15, 0.2) is 0 Å². The fraction of sp³-hybridized carbons (Fsp3) is 0. The van der Waals surface area contributed by atoms with Gasteiger partial charge in [0.05, 0.1) is 15.8 Å². The molecule has 6 rings (SSSR count). The molecular formula is C21H15N7S. The number of anilines is 3. The van der Waals surface area contributed by atoms with E-state index >= 15 is 0 Å². The van der Waals surface area contributed by atoms with Crippen molar-refractivity contribution in [2.45, 2.75) is 0 Å². The van der Waals surface area contributed by atoms with Crippen LogP contribution in [-0.2, 0) is 0 Å². The van der Waals surface area contributed by atoms with Gasteiger partial charge in [0.25, 0.3) is 0 Å². The minimum atomic E-state index is 0.220. The summed E-state index contributed by atoms with van der Waals surface area (Å²) in [5.41, 5.74) is 9.39. The lowest BCUT2D eigenvalue weighted by Crippen LogP contribution is -2.00. The van der Waals surface area contributed by atoms with Gasteiger partial charge >= 0.3 is 0 Å². The number of aromatic nitrogens is 5. The standard InChI is InChI=1S/C21H15N7S/c22-21-25-19-13(7-8-23-19)20(26-21)24-12-5-6-15-14(10-12)18(28-27-15)17-9-11-3-1-2-4-16(11)29-17/h1-10H,(H,27,28)(H4,22,23,24,25,26). The second-order valence-corrected chi connectivity index (χ2v) is 7.86. The van der Waals surface area contributed by atoms with Crippen molar-refractivity contribution in [1.82, 2.24) is 25.1 Å². The normalized spacial score (nSPS) is 11.6. The van der Waals surface area contributed by atoms with E-state index in [2.05, 4.69) is 66.9 Å². The summed E-state index contributed by atoms with van der Waals surface area (Å²) in [6.45, 7) is 0. The van der Waals surface area contributed by atoms with Crippen molar-refractivity contribution >= 4 is 60.8 Å². The molecule has 0 spiro atoms. The summed E-state index contributed by atoms with van der Waals surface area (Å²) in [6, 6.07) is 18.6. The highest BCUT2D eigenvalue weighted by Crippen LogP contribution is 2.37. The fourth-order valence-corrected chi connectivity index (χ4v) is 4.64. The average Bonchev–Trinajstić information content (AvgIpc) is 3.44. The topological polar surface area (TPSA) is 108 Å². The smallest absolute Gasteiger partial charge is 0.224 e. The molecule has 4 aromatic heterocycles. The second kappa shape index (κ2) is 6.05. The first-order valence-electron chi connectivity index (χ1n) is 9.09. The molecule has 0 saturated carbocycles. The van der Waals surface area contributed by atoms with E-state index in [4.69, 9.17) is 5.73 Å². The first-order chi connectivity index (χ1) is 14.2. The molecule has 0 aliphatic carbocycles. The van der Waals surface area contributed by atoms with Gasteiger partial charge in [-0.3, -0.25) is 5.10 Å². The average molecular weight is 397 g/mol. The summed E-state index contributed by atoms with van der Waals surface area (Å²) in [4.78, 5) is 12.8. The number of nitrogens with two attached hydrogens (primary N) is 1. The Morgan fingerprint density at radius 3 is 2.83 bits per heavy atom. The van der Waals surface area contributed by atoms with E-state index in [9.17, 15) is 0 Å². The van der Waals surface area contributed by atoms with Crippen molar-refractivity contribution in [3.05, 3.63) is 60.8 Å². The van der Waals surface area contributed by atoms with Crippen LogP contribution in [0.25, 0.3) is 42.6 Å². The predicted molar refractivity (Wildman–Crippen MR) is 118 cm³/mol. The molecule has 2 aromatic carbocycles. The number of nitrogens with zero attached hydrogens (tertiary/aromatic N) is 3. The number of hydrogen-bond acceptors (Lipinski definition) is 6. The molecule has 0 unspecified atom stereocenters. The number of nitrogen functional groups attached to an aromatic ring is 1. The van der Waals surface area contributed by atoms with Crippen LogP contribution in [0.2, 0.25) is 0 Å². The van der Waals surface area contributed by atoms with E-state index in [1.807, 2.05) is 24.4 Å². The van der Waals surface area contributed by atoms with Crippen LogP contribution in [0.3, 0.4) is 0 Å². The molecule has 0 saturated heterocycles. The largest absolute Gasteiger partial charge is 0.368 e. The molecule has 0 radical (unpaired) electrons. The zero-order valence-corrected chi connectivity index (χ0v) is 15.9. The lowest BCUT2D eigenvalue weighted by atomic mass is 10.1. The number of fused-ring (bicyclic) bond motifs is 3. The minimum Gasteiger partial charge on any atom is -0.368 e. The number of thiophene rings is 1. The van der Waals surface area contributed by atoms with Crippen molar-refractivity contribution in [3.8, 4) is 10.6 Å². The van der Waals surface area contributed by atoms with E-state index in [-0.39, 0.29) is 5.95 Å². The Kier molecular flexibility index (Phi) is 3.35. The van der Waals surface area contributed by atoms with E-state index in [0.717, 1.165) is 32.5 Å². The first kappa shape index (κ1) is 16.1. The maximum absolute atomic E-state index is 5.85. The Labute approximate surface area is 168 Å². The third kappa shape index (κ3) is 2.61. The Bertz CT molecular complexity index is 1470. The van der Waals surface area contributed by atoms with Crippen LogP contribution in [0.4, 0.5) is 17.5 Å². The van der Waals surface area contributed by atoms with Crippen LogP contribution in [-0.4, -0.2) is 25.1 Å². The lowest BCUT2D eigenvalue weighted by Gasteiger charge is -2.08. The van der Waals surface area contributed by atoms with Crippen molar-refractivity contribution in [2.24, 2.45) is 0 Å². The second-order valence-electron chi connectivity index (χ2n) is 6.78. The van der Waals surface area contributed by atoms with Crippen LogP contribution in [0.5, 0.6) is 0 Å². The molecule has 4 heterocycles. The first-order valence-corrected chi connectivity index (χ1v) is 9.91. The van der Waals surface area contributed by atoms with Crippen molar-refractivity contribution in [2.75, 3.05) is 11.1 Å². The van der Waals surface area contributed by atoms with Gasteiger partial charge in [-0.25, -0.2) is 0 Å². The summed E-state index contributed by atoms with van der Waals surface area (Å²) in [5, 5.41) is 14.2. The maximum atomic E-state index is 5.85. The number of H-pyrrole nitrogens is 2. The summed E-state index contributed by atoms with van der Waals surface area (Å²) in [6.07, 6.45) is 1.82. The summed E-state index contributed by atoms with van der Waals surface area (Å²) in [5.74, 6) is 0.887. The highest BCUT2D eigenvalue weighted by Gasteiger charge is 2.13. The van der Waals surface area contributed by atoms with Crippen LogP contribution < -0.4 is 11.1 Å². The van der Waals surface area contributed by atoms with E-state index in [0.29, 0.717) is 11.5 Å². The highest BCUT2D eigenvalue weighted by molar-refractivity contribution is 7.22. The summed E-state index contributed by atoms with van der Waals surface area (Å²) in [7, 11) is 0. The molecule has 6 aromatic rings. The van der Waals surface area contributed by atoms with Gasteiger partial charge < -0.3 is 16.0 Å². The fourth-order valence-electron chi connectivity index (χ4n) is 3.57. The Morgan fingerprint density at radius 2 is 1.90 bits per heavy atom. The number of rotatable bonds is 3. The molecular weight excluding hydrogens is 382 g/mol. The number of nitrogens with one attached hydrogen (secondary N) is 3. The summed E-state index contributed by atoms with van der Waals surface area (Å²) >= 11 is 1.74. The Hall–Kier alpha value is -3.91. The van der Waals surface area contributed by atoms with Gasteiger partial charge in [-0.15, -0.1) is 11.3 Å². The van der Waals surface area contributed by atoms with Crippen molar-refractivity contribution in [1.29, 1.82) is 0 Å². The number of aromatic amines is 2. The van der Waals surface area contributed by atoms with Gasteiger partial charge in [-0.1, -0.05) is 18.2 Å². The molecule has 0 aliphatic heterocycles. The van der Waals surface area contributed by atoms with Gasteiger partial charge in [0.2, 0.25) is 5.95 Å².